The number of carbonyl (C=O) groups excluding carboxylic acids is 1. The minimum atomic E-state index is -0.305. The van der Waals surface area contributed by atoms with Gasteiger partial charge in [-0.1, -0.05) is 0 Å². The Balaban J connectivity index is 1.84. The molecule has 2 aromatic rings. The minimum absolute atomic E-state index is 0.197. The van der Waals surface area contributed by atoms with E-state index in [9.17, 15) is 4.79 Å². The zero-order valence-corrected chi connectivity index (χ0v) is 10.9. The lowest BCUT2D eigenvalue weighted by Gasteiger charge is -2.08. The third-order valence-electron chi connectivity index (χ3n) is 3.01. The monoisotopic (exact) mass is 274 g/mol. The van der Waals surface area contributed by atoms with Crippen LogP contribution in [0.4, 0.5) is 11.4 Å². The molecule has 3 N–H and O–H groups in total. The molecule has 0 fully saturated rings. The molecule has 2 heterocycles. The van der Waals surface area contributed by atoms with E-state index in [1.165, 1.54) is 6.20 Å². The van der Waals surface area contributed by atoms with E-state index in [1.807, 2.05) is 6.92 Å². The summed E-state index contributed by atoms with van der Waals surface area (Å²) in [6.07, 6.45) is 1.47. The van der Waals surface area contributed by atoms with E-state index in [2.05, 4.69) is 10.4 Å². The highest BCUT2D eigenvalue weighted by Gasteiger charge is 2.18. The van der Waals surface area contributed by atoms with Crippen LogP contribution in [0.5, 0.6) is 11.5 Å². The maximum Gasteiger partial charge on any atom is 0.276 e. The zero-order valence-electron chi connectivity index (χ0n) is 10.9. The summed E-state index contributed by atoms with van der Waals surface area (Å²) >= 11 is 0. The van der Waals surface area contributed by atoms with Gasteiger partial charge in [-0.3, -0.25) is 9.48 Å². The first-order valence-corrected chi connectivity index (χ1v) is 6.21. The van der Waals surface area contributed by atoms with Crippen LogP contribution < -0.4 is 20.5 Å². The number of hydrogen-bond donors (Lipinski definition) is 2. The molecular formula is C13H14N4O3. The Bertz CT molecular complexity index is 666. The second-order valence-electron chi connectivity index (χ2n) is 4.29. The van der Waals surface area contributed by atoms with Crippen molar-refractivity contribution in [1.29, 1.82) is 0 Å². The predicted octanol–water partition coefficient (Wildman–Crippen LogP) is 1.47. The van der Waals surface area contributed by atoms with Gasteiger partial charge in [0.2, 0.25) is 6.79 Å². The second-order valence-corrected chi connectivity index (χ2v) is 4.29. The van der Waals surface area contributed by atoms with Crippen LogP contribution in [0.3, 0.4) is 0 Å². The summed E-state index contributed by atoms with van der Waals surface area (Å²) in [7, 11) is 0. The molecule has 0 radical (unpaired) electrons. The molecule has 7 nitrogen and oxygen atoms in total. The highest BCUT2D eigenvalue weighted by Crippen LogP contribution is 2.34. The molecule has 104 valence electrons. The van der Waals surface area contributed by atoms with E-state index in [4.69, 9.17) is 15.2 Å². The van der Waals surface area contributed by atoms with Crippen molar-refractivity contribution in [2.45, 2.75) is 13.5 Å². The maximum absolute atomic E-state index is 12.3. The van der Waals surface area contributed by atoms with Crippen molar-refractivity contribution < 1.29 is 14.3 Å². The molecule has 0 saturated heterocycles. The van der Waals surface area contributed by atoms with Gasteiger partial charge in [0.15, 0.2) is 11.5 Å². The first kappa shape index (κ1) is 12.3. The minimum Gasteiger partial charge on any atom is -0.454 e. The highest BCUT2D eigenvalue weighted by molar-refractivity contribution is 6.06. The fourth-order valence-electron chi connectivity index (χ4n) is 2.05. The molecule has 1 aromatic heterocycles. The van der Waals surface area contributed by atoms with Crippen LogP contribution in [-0.4, -0.2) is 22.5 Å². The molecule has 1 aliphatic heterocycles. The van der Waals surface area contributed by atoms with E-state index < -0.39 is 0 Å². The van der Waals surface area contributed by atoms with Crippen molar-refractivity contribution in [3.8, 4) is 11.5 Å². The predicted molar refractivity (Wildman–Crippen MR) is 72.8 cm³/mol. The van der Waals surface area contributed by atoms with Crippen molar-refractivity contribution >= 4 is 17.3 Å². The van der Waals surface area contributed by atoms with Crippen molar-refractivity contribution in [2.75, 3.05) is 17.8 Å². The molecule has 1 aliphatic rings. The number of benzene rings is 1. The van der Waals surface area contributed by atoms with Crippen molar-refractivity contribution in [2.24, 2.45) is 0 Å². The Morgan fingerprint density at radius 3 is 3.05 bits per heavy atom. The third kappa shape index (κ3) is 2.03. The normalized spacial score (nSPS) is 12.4. The van der Waals surface area contributed by atoms with Crippen LogP contribution in [-0.2, 0) is 6.54 Å². The van der Waals surface area contributed by atoms with E-state index in [-0.39, 0.29) is 12.7 Å². The van der Waals surface area contributed by atoms with Gasteiger partial charge in [0.25, 0.3) is 5.91 Å². The topological polar surface area (TPSA) is 91.4 Å². The molecular weight excluding hydrogens is 260 g/mol. The molecule has 20 heavy (non-hydrogen) atoms. The van der Waals surface area contributed by atoms with E-state index in [0.29, 0.717) is 35.1 Å². The Morgan fingerprint density at radius 2 is 2.25 bits per heavy atom. The summed E-state index contributed by atoms with van der Waals surface area (Å²) in [6, 6.07) is 5.20. The molecule has 0 saturated carbocycles. The third-order valence-corrected chi connectivity index (χ3v) is 3.01. The zero-order chi connectivity index (χ0) is 14.1. The maximum atomic E-state index is 12.3. The van der Waals surface area contributed by atoms with Gasteiger partial charge in [-0.25, -0.2) is 0 Å². The lowest BCUT2D eigenvalue weighted by Crippen LogP contribution is -2.18. The van der Waals surface area contributed by atoms with E-state index >= 15 is 0 Å². The average molecular weight is 274 g/mol. The molecule has 1 aromatic carbocycles. The first-order chi connectivity index (χ1) is 9.69. The number of hydrogen-bond acceptors (Lipinski definition) is 5. The van der Waals surface area contributed by atoms with Gasteiger partial charge in [-0.15, -0.1) is 0 Å². The largest absolute Gasteiger partial charge is 0.454 e. The quantitative estimate of drug-likeness (QED) is 0.884. The lowest BCUT2D eigenvalue weighted by atomic mass is 10.2. The van der Waals surface area contributed by atoms with Gasteiger partial charge < -0.3 is 20.5 Å². The van der Waals surface area contributed by atoms with Gasteiger partial charge in [0.05, 0.1) is 11.9 Å². The highest BCUT2D eigenvalue weighted by atomic mass is 16.7. The molecule has 0 unspecified atom stereocenters. The van der Waals surface area contributed by atoms with Gasteiger partial charge in [-0.2, -0.15) is 5.10 Å². The van der Waals surface area contributed by atoms with Crippen LogP contribution in [0.1, 0.15) is 17.4 Å². The summed E-state index contributed by atoms with van der Waals surface area (Å²) in [5.74, 6) is 0.974. The van der Waals surface area contributed by atoms with Crippen molar-refractivity contribution in [1.82, 2.24) is 9.78 Å². The number of fused-ring (bicyclic) bond motifs is 1. The summed E-state index contributed by atoms with van der Waals surface area (Å²) in [5, 5.41) is 6.82. The average Bonchev–Trinajstić information content (AvgIpc) is 3.04. The van der Waals surface area contributed by atoms with E-state index in [1.54, 1.807) is 22.9 Å². The summed E-state index contributed by atoms with van der Waals surface area (Å²) in [6.45, 7) is 2.66. The number of amides is 1. The molecule has 7 heteroatoms. The number of anilines is 2. The number of nitrogens with one attached hydrogen (secondary N) is 1. The number of carbonyl (C=O) groups is 1. The van der Waals surface area contributed by atoms with Gasteiger partial charge in [0, 0.05) is 18.3 Å². The van der Waals surface area contributed by atoms with Crippen LogP contribution >= 0.6 is 0 Å². The number of ether oxygens (including phenoxy) is 2. The summed E-state index contributed by atoms with van der Waals surface area (Å²) < 4.78 is 12.0. The Morgan fingerprint density at radius 1 is 1.45 bits per heavy atom. The second kappa shape index (κ2) is 4.76. The Hall–Kier alpha value is -2.70. The summed E-state index contributed by atoms with van der Waals surface area (Å²) in [5.41, 5.74) is 7.09. The fourth-order valence-corrected chi connectivity index (χ4v) is 2.05. The SMILES string of the molecule is CCn1ncc(N)c1C(=O)Nc1ccc2c(c1)OCO2. The number of rotatable bonds is 3. The number of aryl methyl sites for hydroxylation is 1. The van der Waals surface area contributed by atoms with Crippen molar-refractivity contribution in [3.63, 3.8) is 0 Å². The van der Waals surface area contributed by atoms with Crippen LogP contribution in [0.25, 0.3) is 0 Å². The number of aromatic nitrogens is 2. The molecule has 0 bridgehead atoms. The fraction of sp³-hybridized carbons (Fsp3) is 0.231. The standard InChI is InChI=1S/C13H14N4O3/c1-2-17-12(9(14)6-15-17)13(18)16-8-3-4-10-11(5-8)20-7-19-10/h3-6H,2,7,14H2,1H3,(H,16,18). The van der Waals surface area contributed by atoms with E-state index in [0.717, 1.165) is 0 Å². The molecule has 1 amide bonds. The molecule has 0 spiro atoms. The van der Waals surface area contributed by atoms with Gasteiger partial charge >= 0.3 is 0 Å². The smallest absolute Gasteiger partial charge is 0.276 e. The first-order valence-electron chi connectivity index (χ1n) is 6.21. The van der Waals surface area contributed by atoms with Gasteiger partial charge in [-0.05, 0) is 19.1 Å². The van der Waals surface area contributed by atoms with Crippen LogP contribution in [0.2, 0.25) is 0 Å². The molecule has 0 aliphatic carbocycles. The Kier molecular flexibility index (Phi) is 2.94. The Labute approximate surface area is 115 Å². The molecule has 3 rings (SSSR count). The van der Waals surface area contributed by atoms with Gasteiger partial charge in [0.1, 0.15) is 5.69 Å². The number of nitrogens with two attached hydrogens (primary N) is 1. The van der Waals surface area contributed by atoms with Crippen LogP contribution in [0.15, 0.2) is 24.4 Å². The van der Waals surface area contributed by atoms with Crippen molar-refractivity contribution in [3.05, 3.63) is 30.1 Å². The number of nitrogens with zero attached hydrogens (tertiary/aromatic N) is 2. The molecule has 0 atom stereocenters. The van der Waals surface area contributed by atoms with Crippen LogP contribution in [0, 0.1) is 0 Å². The lowest BCUT2D eigenvalue weighted by molar-refractivity contribution is 0.101. The summed E-state index contributed by atoms with van der Waals surface area (Å²) in [4.78, 5) is 12.3. The number of nitrogen functional groups attached to an aromatic ring is 1.